The molecule has 1 heteroatoms. The van der Waals surface area contributed by atoms with Crippen molar-refractivity contribution in [3.63, 3.8) is 0 Å². The first-order valence-electron chi connectivity index (χ1n) is 5.57. The van der Waals surface area contributed by atoms with Crippen molar-refractivity contribution in [2.24, 2.45) is 5.92 Å². The lowest BCUT2D eigenvalue weighted by Gasteiger charge is -2.10. The summed E-state index contributed by atoms with van der Waals surface area (Å²) in [5, 5.41) is 9.08. The van der Waals surface area contributed by atoms with E-state index >= 15 is 0 Å². The quantitative estimate of drug-likeness (QED) is 0.452. The number of allylic oxidation sites excluding steroid dienone is 2. The summed E-state index contributed by atoms with van der Waals surface area (Å²) in [5.74, 6) is 0.494. The molecule has 0 saturated carbocycles. The first kappa shape index (κ1) is 12.7. The molecule has 0 rings (SSSR count). The zero-order valence-corrected chi connectivity index (χ0v) is 9.13. The van der Waals surface area contributed by atoms with Crippen LogP contribution in [0.2, 0.25) is 0 Å². The van der Waals surface area contributed by atoms with E-state index in [1.54, 1.807) is 0 Å². The lowest BCUT2D eigenvalue weighted by atomic mass is 9.98. The summed E-state index contributed by atoms with van der Waals surface area (Å²) in [6.07, 6.45) is 11.7. The molecule has 0 aliphatic rings. The van der Waals surface area contributed by atoms with E-state index in [0.717, 1.165) is 6.42 Å². The molecule has 0 aromatic heterocycles. The molecular weight excluding hydrogens is 160 g/mol. The van der Waals surface area contributed by atoms with Gasteiger partial charge in [0, 0.05) is 6.61 Å². The highest BCUT2D eigenvalue weighted by atomic mass is 16.3. The predicted octanol–water partition coefficient (Wildman–Crippen LogP) is 3.53. The Bertz CT molecular complexity index is 118. The van der Waals surface area contributed by atoms with Crippen molar-refractivity contribution in [2.45, 2.75) is 52.4 Å². The zero-order chi connectivity index (χ0) is 9.94. The maximum Gasteiger partial charge on any atom is 0.0462 e. The lowest BCUT2D eigenvalue weighted by Crippen LogP contribution is -2.04. The summed E-state index contributed by atoms with van der Waals surface area (Å²) >= 11 is 0. The van der Waals surface area contributed by atoms with Crippen LogP contribution in [0.5, 0.6) is 0 Å². The molecule has 0 fully saturated rings. The minimum atomic E-state index is 0.344. The molecule has 0 radical (unpaired) electrons. The molecule has 0 spiro atoms. The maximum atomic E-state index is 9.08. The van der Waals surface area contributed by atoms with Crippen LogP contribution in [0.1, 0.15) is 52.4 Å². The smallest absolute Gasteiger partial charge is 0.0462 e. The maximum absolute atomic E-state index is 9.08. The molecule has 0 heterocycles. The second-order valence-corrected chi connectivity index (χ2v) is 3.70. The summed E-state index contributed by atoms with van der Waals surface area (Å²) < 4.78 is 0. The van der Waals surface area contributed by atoms with Crippen LogP contribution >= 0.6 is 0 Å². The minimum absolute atomic E-state index is 0.344. The summed E-state index contributed by atoms with van der Waals surface area (Å²) in [5.41, 5.74) is 0. The van der Waals surface area contributed by atoms with Gasteiger partial charge in [-0.15, -0.1) is 0 Å². The number of hydrogen-bond donors (Lipinski definition) is 1. The van der Waals surface area contributed by atoms with Crippen LogP contribution in [0, 0.1) is 5.92 Å². The van der Waals surface area contributed by atoms with Crippen molar-refractivity contribution in [3.8, 4) is 0 Å². The first-order chi connectivity index (χ1) is 6.35. The third-order valence-corrected chi connectivity index (χ3v) is 2.43. The van der Waals surface area contributed by atoms with E-state index in [-0.39, 0.29) is 0 Å². The van der Waals surface area contributed by atoms with E-state index in [1.165, 1.54) is 32.1 Å². The van der Waals surface area contributed by atoms with Gasteiger partial charge in [-0.3, -0.25) is 0 Å². The Kier molecular flexibility index (Phi) is 9.56. The fraction of sp³-hybridized carbons (Fsp3) is 0.833. The fourth-order valence-corrected chi connectivity index (χ4v) is 1.47. The molecule has 0 aromatic rings. The van der Waals surface area contributed by atoms with Crippen molar-refractivity contribution in [1.82, 2.24) is 0 Å². The van der Waals surface area contributed by atoms with Gasteiger partial charge in [0.15, 0.2) is 0 Å². The fourth-order valence-electron chi connectivity index (χ4n) is 1.47. The number of hydrogen-bond acceptors (Lipinski definition) is 1. The van der Waals surface area contributed by atoms with Crippen molar-refractivity contribution >= 4 is 0 Å². The largest absolute Gasteiger partial charge is 0.396 e. The average Bonchev–Trinajstić information content (AvgIpc) is 2.17. The van der Waals surface area contributed by atoms with Crippen LogP contribution in [0.25, 0.3) is 0 Å². The van der Waals surface area contributed by atoms with Gasteiger partial charge in [-0.25, -0.2) is 0 Å². The van der Waals surface area contributed by atoms with Crippen LogP contribution in [0.4, 0.5) is 0 Å². The third-order valence-electron chi connectivity index (χ3n) is 2.43. The van der Waals surface area contributed by atoms with Crippen LogP contribution in [0.3, 0.4) is 0 Å². The van der Waals surface area contributed by atoms with Gasteiger partial charge in [0.25, 0.3) is 0 Å². The van der Waals surface area contributed by atoms with E-state index in [4.69, 9.17) is 5.11 Å². The van der Waals surface area contributed by atoms with Crippen molar-refractivity contribution in [3.05, 3.63) is 12.2 Å². The Morgan fingerprint density at radius 1 is 1.23 bits per heavy atom. The van der Waals surface area contributed by atoms with Gasteiger partial charge < -0.3 is 5.11 Å². The number of aliphatic hydroxyl groups is 1. The highest BCUT2D eigenvalue weighted by Gasteiger charge is 2.03. The van der Waals surface area contributed by atoms with Crippen LogP contribution < -0.4 is 0 Å². The Morgan fingerprint density at radius 3 is 2.54 bits per heavy atom. The molecule has 0 aliphatic heterocycles. The molecule has 1 N–H and O–H groups in total. The Morgan fingerprint density at radius 2 is 2.00 bits per heavy atom. The van der Waals surface area contributed by atoms with E-state index in [2.05, 4.69) is 19.1 Å². The molecule has 0 aromatic carbocycles. The van der Waals surface area contributed by atoms with Crippen LogP contribution in [0.15, 0.2) is 12.2 Å². The van der Waals surface area contributed by atoms with E-state index in [0.29, 0.717) is 12.5 Å². The van der Waals surface area contributed by atoms with Gasteiger partial charge in [-0.1, -0.05) is 44.8 Å². The highest BCUT2D eigenvalue weighted by Crippen LogP contribution is 2.14. The molecule has 13 heavy (non-hydrogen) atoms. The third kappa shape index (κ3) is 8.04. The molecule has 0 saturated heterocycles. The molecule has 1 nitrogen and oxygen atoms in total. The number of aliphatic hydroxyl groups excluding tert-OH is 1. The van der Waals surface area contributed by atoms with Gasteiger partial charge in [-0.2, -0.15) is 0 Å². The van der Waals surface area contributed by atoms with Gasteiger partial charge in [-0.05, 0) is 25.7 Å². The van der Waals surface area contributed by atoms with Crippen LogP contribution in [-0.4, -0.2) is 11.7 Å². The molecule has 0 bridgehead atoms. The van der Waals surface area contributed by atoms with Gasteiger partial charge in [0.2, 0.25) is 0 Å². The van der Waals surface area contributed by atoms with E-state index < -0.39 is 0 Å². The van der Waals surface area contributed by atoms with Gasteiger partial charge in [0.05, 0.1) is 0 Å². The SMILES string of the molecule is CC=CCC(CO)CCCCCC. The minimum Gasteiger partial charge on any atom is -0.396 e. The topological polar surface area (TPSA) is 20.2 Å². The van der Waals surface area contributed by atoms with Crippen molar-refractivity contribution in [2.75, 3.05) is 6.61 Å². The highest BCUT2D eigenvalue weighted by molar-refractivity contribution is 4.80. The molecule has 1 atom stereocenters. The normalized spacial score (nSPS) is 13.8. The second-order valence-electron chi connectivity index (χ2n) is 3.70. The van der Waals surface area contributed by atoms with Crippen LogP contribution in [-0.2, 0) is 0 Å². The Balaban J connectivity index is 3.36. The summed E-state index contributed by atoms with van der Waals surface area (Å²) in [6.45, 7) is 4.60. The summed E-state index contributed by atoms with van der Waals surface area (Å²) in [6, 6.07) is 0. The molecular formula is C12H24O. The number of rotatable bonds is 8. The first-order valence-corrected chi connectivity index (χ1v) is 5.57. The molecule has 1 unspecified atom stereocenters. The molecule has 0 amide bonds. The Hall–Kier alpha value is -0.300. The predicted molar refractivity (Wildman–Crippen MR) is 58.8 cm³/mol. The monoisotopic (exact) mass is 184 g/mol. The zero-order valence-electron chi connectivity index (χ0n) is 9.13. The standard InChI is InChI=1S/C12H24O/c1-3-5-7-8-10-12(11-13)9-6-4-2/h4,6,12-13H,3,5,7-11H2,1-2H3. The average molecular weight is 184 g/mol. The lowest BCUT2D eigenvalue weighted by molar-refractivity contribution is 0.216. The molecule has 78 valence electrons. The van der Waals surface area contributed by atoms with E-state index in [9.17, 15) is 0 Å². The number of unbranched alkanes of at least 4 members (excludes halogenated alkanes) is 3. The summed E-state index contributed by atoms with van der Waals surface area (Å²) in [4.78, 5) is 0. The van der Waals surface area contributed by atoms with E-state index in [1.807, 2.05) is 6.92 Å². The van der Waals surface area contributed by atoms with Crippen molar-refractivity contribution in [1.29, 1.82) is 0 Å². The molecule has 0 aliphatic carbocycles. The van der Waals surface area contributed by atoms with Crippen molar-refractivity contribution < 1.29 is 5.11 Å². The van der Waals surface area contributed by atoms with Gasteiger partial charge >= 0.3 is 0 Å². The summed E-state index contributed by atoms with van der Waals surface area (Å²) in [7, 11) is 0. The van der Waals surface area contributed by atoms with Gasteiger partial charge in [0.1, 0.15) is 0 Å². The Labute approximate surface area is 82.9 Å². The second kappa shape index (κ2) is 9.79.